The van der Waals surface area contributed by atoms with Gasteiger partial charge in [-0.25, -0.2) is 0 Å². The van der Waals surface area contributed by atoms with Crippen LogP contribution in [0.15, 0.2) is 48.5 Å². The van der Waals surface area contributed by atoms with Gasteiger partial charge in [0.1, 0.15) is 0 Å². The summed E-state index contributed by atoms with van der Waals surface area (Å²) in [4.78, 5) is 29.5. The first-order chi connectivity index (χ1) is 14.5. The molecule has 0 radical (unpaired) electrons. The minimum atomic E-state index is 0.00935. The molecule has 5 nitrogen and oxygen atoms in total. The van der Waals surface area contributed by atoms with Crippen LogP contribution >= 0.6 is 0 Å². The molecule has 4 rings (SSSR count). The molecule has 0 heterocycles. The number of rotatable bonds is 9. The number of amides is 2. The van der Waals surface area contributed by atoms with E-state index in [1.54, 1.807) is 0 Å². The lowest BCUT2D eigenvalue weighted by atomic mass is 10.1. The molecule has 2 amide bonds. The van der Waals surface area contributed by atoms with E-state index in [9.17, 15) is 9.59 Å². The van der Waals surface area contributed by atoms with Crippen LogP contribution in [0.2, 0.25) is 0 Å². The van der Waals surface area contributed by atoms with Crippen LogP contribution in [0, 0.1) is 6.92 Å². The van der Waals surface area contributed by atoms with Crippen LogP contribution in [0.25, 0.3) is 0 Å². The zero-order valence-electron chi connectivity index (χ0n) is 17.9. The average Bonchev–Trinajstić information content (AvgIpc) is 3.64. The molecule has 2 aliphatic rings. The normalized spacial score (nSPS) is 15.8. The summed E-state index contributed by atoms with van der Waals surface area (Å²) >= 11 is 0. The number of aryl methyl sites for hydroxylation is 1. The summed E-state index contributed by atoms with van der Waals surface area (Å²) in [6.45, 7) is 5.87. The Labute approximate surface area is 179 Å². The topological polar surface area (TPSA) is 52.7 Å². The predicted octanol–water partition coefficient (Wildman–Crippen LogP) is 3.90. The molecule has 0 unspecified atom stereocenters. The molecule has 158 valence electrons. The molecule has 2 fully saturated rings. The van der Waals surface area contributed by atoms with E-state index in [1.807, 2.05) is 67.3 Å². The van der Waals surface area contributed by atoms with Crippen molar-refractivity contribution >= 4 is 17.5 Å². The molecule has 0 atom stereocenters. The molecule has 1 N–H and O–H groups in total. The van der Waals surface area contributed by atoms with E-state index in [-0.39, 0.29) is 11.8 Å². The number of hydrogen-bond acceptors (Lipinski definition) is 3. The zero-order chi connectivity index (χ0) is 21.1. The lowest BCUT2D eigenvalue weighted by Gasteiger charge is -2.28. The first kappa shape index (κ1) is 20.6. The van der Waals surface area contributed by atoms with Gasteiger partial charge in [-0.1, -0.05) is 30.3 Å². The minimum absolute atomic E-state index is 0.00935. The monoisotopic (exact) mass is 405 g/mol. The fourth-order valence-electron chi connectivity index (χ4n) is 3.85. The molecule has 0 saturated heterocycles. The maximum atomic E-state index is 13.1. The third-order valence-corrected chi connectivity index (χ3v) is 5.94. The number of nitrogens with zero attached hydrogens (tertiary/aromatic N) is 2. The molecule has 2 saturated carbocycles. The van der Waals surface area contributed by atoms with Crippen LogP contribution < -0.4 is 10.2 Å². The molecule has 5 heteroatoms. The third-order valence-electron chi connectivity index (χ3n) is 5.94. The third kappa shape index (κ3) is 5.08. The second kappa shape index (κ2) is 9.00. The standard InChI is InChI=1S/C25H31N3O2/c1-3-28(23-7-5-4-6-18(23)2)24(29)17-27(22-14-15-22)16-19-8-10-20(11-9-19)25(30)26-21-12-13-21/h4-11,21-22H,3,12-17H2,1-2H3,(H,26,30). The van der Waals surface area contributed by atoms with Gasteiger partial charge < -0.3 is 10.2 Å². The van der Waals surface area contributed by atoms with Gasteiger partial charge in [0, 0.05) is 36.4 Å². The van der Waals surface area contributed by atoms with E-state index < -0.39 is 0 Å². The van der Waals surface area contributed by atoms with Gasteiger partial charge in [0.25, 0.3) is 5.91 Å². The minimum Gasteiger partial charge on any atom is -0.349 e. The summed E-state index contributed by atoms with van der Waals surface area (Å²) in [6.07, 6.45) is 4.47. The van der Waals surface area contributed by atoms with Crippen molar-refractivity contribution in [2.24, 2.45) is 0 Å². The van der Waals surface area contributed by atoms with Crippen molar-refractivity contribution in [2.45, 2.75) is 58.2 Å². The van der Waals surface area contributed by atoms with E-state index in [0.29, 0.717) is 30.7 Å². The Morgan fingerprint density at radius 3 is 2.30 bits per heavy atom. The van der Waals surface area contributed by atoms with Gasteiger partial charge in [-0.3, -0.25) is 14.5 Å². The number of carbonyl (C=O) groups excluding carboxylic acids is 2. The number of carbonyl (C=O) groups is 2. The summed E-state index contributed by atoms with van der Waals surface area (Å²) in [6, 6.07) is 16.7. The van der Waals surface area contributed by atoms with Crippen molar-refractivity contribution in [3.8, 4) is 0 Å². The Morgan fingerprint density at radius 1 is 1.00 bits per heavy atom. The van der Waals surface area contributed by atoms with Crippen molar-refractivity contribution in [3.63, 3.8) is 0 Å². The van der Waals surface area contributed by atoms with Crippen LogP contribution in [0.1, 0.15) is 54.1 Å². The Bertz CT molecular complexity index is 901. The maximum Gasteiger partial charge on any atom is 0.251 e. The van der Waals surface area contributed by atoms with Crippen molar-refractivity contribution < 1.29 is 9.59 Å². The maximum absolute atomic E-state index is 13.1. The first-order valence-electron chi connectivity index (χ1n) is 11.0. The van der Waals surface area contributed by atoms with Gasteiger partial charge in [-0.05, 0) is 68.9 Å². The van der Waals surface area contributed by atoms with Crippen LogP contribution in [-0.2, 0) is 11.3 Å². The van der Waals surface area contributed by atoms with Gasteiger partial charge in [0.05, 0.1) is 6.54 Å². The molecule has 0 spiro atoms. The highest BCUT2D eigenvalue weighted by molar-refractivity contribution is 5.95. The molecule has 0 aliphatic heterocycles. The van der Waals surface area contributed by atoms with Gasteiger partial charge in [-0.15, -0.1) is 0 Å². The van der Waals surface area contributed by atoms with E-state index in [2.05, 4.69) is 10.2 Å². The molecule has 0 bridgehead atoms. The summed E-state index contributed by atoms with van der Waals surface area (Å²) < 4.78 is 0. The zero-order valence-corrected chi connectivity index (χ0v) is 17.9. The molecule has 2 aliphatic carbocycles. The summed E-state index contributed by atoms with van der Waals surface area (Å²) in [5.41, 5.74) is 3.95. The number of hydrogen-bond donors (Lipinski definition) is 1. The second-order valence-corrected chi connectivity index (χ2v) is 8.51. The molecule has 30 heavy (non-hydrogen) atoms. The van der Waals surface area contributed by atoms with E-state index in [1.165, 1.54) is 0 Å². The second-order valence-electron chi connectivity index (χ2n) is 8.51. The lowest BCUT2D eigenvalue weighted by Crippen LogP contribution is -2.41. The predicted molar refractivity (Wildman–Crippen MR) is 120 cm³/mol. The number of likely N-dealkylation sites (N-methyl/N-ethyl adjacent to an activating group) is 1. The van der Waals surface area contributed by atoms with E-state index in [4.69, 9.17) is 0 Å². The van der Waals surface area contributed by atoms with Crippen LogP contribution in [-0.4, -0.2) is 41.9 Å². The molecule has 0 aromatic heterocycles. The summed E-state index contributed by atoms with van der Waals surface area (Å²) in [5, 5.41) is 3.02. The molecule has 2 aromatic rings. The number of anilines is 1. The van der Waals surface area contributed by atoms with Crippen LogP contribution in [0.5, 0.6) is 0 Å². The molecule has 2 aromatic carbocycles. The van der Waals surface area contributed by atoms with Crippen LogP contribution in [0.3, 0.4) is 0 Å². The number of para-hydroxylation sites is 1. The van der Waals surface area contributed by atoms with Crippen LogP contribution in [0.4, 0.5) is 5.69 Å². The van der Waals surface area contributed by atoms with Gasteiger partial charge in [0.2, 0.25) is 5.91 Å². The fraction of sp³-hybridized carbons (Fsp3) is 0.440. The van der Waals surface area contributed by atoms with Crippen molar-refractivity contribution in [1.29, 1.82) is 0 Å². The quantitative estimate of drug-likeness (QED) is 0.688. The average molecular weight is 406 g/mol. The van der Waals surface area contributed by atoms with E-state index in [0.717, 1.165) is 49.0 Å². The SMILES string of the molecule is CCN(C(=O)CN(Cc1ccc(C(=O)NC2CC2)cc1)C1CC1)c1ccccc1C. The van der Waals surface area contributed by atoms with Crippen molar-refractivity contribution in [3.05, 3.63) is 65.2 Å². The highest BCUT2D eigenvalue weighted by atomic mass is 16.2. The lowest BCUT2D eigenvalue weighted by molar-refractivity contribution is -0.120. The summed E-state index contributed by atoms with van der Waals surface area (Å²) in [5.74, 6) is 0.147. The van der Waals surface area contributed by atoms with E-state index >= 15 is 0 Å². The number of benzene rings is 2. The Morgan fingerprint density at radius 2 is 1.70 bits per heavy atom. The summed E-state index contributed by atoms with van der Waals surface area (Å²) in [7, 11) is 0. The van der Waals surface area contributed by atoms with Gasteiger partial charge >= 0.3 is 0 Å². The Hall–Kier alpha value is -2.66. The van der Waals surface area contributed by atoms with Gasteiger partial charge in [0.15, 0.2) is 0 Å². The molecular weight excluding hydrogens is 374 g/mol. The van der Waals surface area contributed by atoms with Gasteiger partial charge in [-0.2, -0.15) is 0 Å². The Balaban J connectivity index is 1.40. The fourth-order valence-corrected chi connectivity index (χ4v) is 3.85. The smallest absolute Gasteiger partial charge is 0.251 e. The van der Waals surface area contributed by atoms with Crippen molar-refractivity contribution in [1.82, 2.24) is 10.2 Å². The largest absolute Gasteiger partial charge is 0.349 e. The Kier molecular flexibility index (Phi) is 6.18. The number of nitrogens with one attached hydrogen (secondary N) is 1. The van der Waals surface area contributed by atoms with Crippen molar-refractivity contribution in [2.75, 3.05) is 18.0 Å². The highest BCUT2D eigenvalue weighted by Gasteiger charge is 2.31. The highest BCUT2D eigenvalue weighted by Crippen LogP contribution is 2.29. The first-order valence-corrected chi connectivity index (χ1v) is 11.0. The molecular formula is C25H31N3O2.